The minimum atomic E-state index is -3.97. The molecule has 0 unspecified atom stereocenters. The second-order valence-corrected chi connectivity index (χ2v) is 11.2. The molecule has 2 aromatic rings. The molecule has 0 heterocycles. The van der Waals surface area contributed by atoms with Gasteiger partial charge in [-0.2, -0.15) is 0 Å². The smallest absolute Gasteiger partial charge is 0.244 e. The average Bonchev–Trinajstić information content (AvgIpc) is 2.71. The summed E-state index contributed by atoms with van der Waals surface area (Å²) in [4.78, 5) is 27.4. The molecule has 0 radical (unpaired) electrons. The third-order valence-corrected chi connectivity index (χ3v) is 6.23. The normalized spacial score (nSPS) is 12.7. The third kappa shape index (κ3) is 7.66. The molecule has 0 fully saturated rings. The van der Waals surface area contributed by atoms with Crippen molar-refractivity contribution in [3.05, 3.63) is 64.7 Å². The van der Waals surface area contributed by atoms with Gasteiger partial charge in [0.25, 0.3) is 0 Å². The van der Waals surface area contributed by atoms with E-state index in [1.54, 1.807) is 20.8 Å². The first-order chi connectivity index (χ1) is 15.6. The van der Waals surface area contributed by atoms with Crippen LogP contribution < -0.4 is 9.62 Å². The Labute approximate surface area is 203 Å². The van der Waals surface area contributed by atoms with Gasteiger partial charge in [-0.15, -0.1) is 0 Å². The van der Waals surface area contributed by atoms with Crippen molar-refractivity contribution in [2.24, 2.45) is 0 Å². The molecule has 186 valence electrons. The molecule has 0 aliphatic carbocycles. The molecule has 34 heavy (non-hydrogen) atoms. The van der Waals surface area contributed by atoms with E-state index >= 15 is 0 Å². The van der Waals surface area contributed by atoms with Crippen LogP contribution in [0.2, 0.25) is 5.02 Å². The quantitative estimate of drug-likeness (QED) is 0.580. The van der Waals surface area contributed by atoms with Crippen molar-refractivity contribution >= 4 is 39.1 Å². The molecular weight excluding hydrogens is 488 g/mol. The zero-order valence-electron chi connectivity index (χ0n) is 19.6. The number of sulfonamides is 1. The highest BCUT2D eigenvalue weighted by molar-refractivity contribution is 7.92. The van der Waals surface area contributed by atoms with E-state index < -0.39 is 51.6 Å². The molecular formula is C23H28ClF2N3O4S. The van der Waals surface area contributed by atoms with Crippen LogP contribution >= 0.6 is 11.6 Å². The summed E-state index contributed by atoms with van der Waals surface area (Å²) in [6, 6.07) is 7.70. The maximum absolute atomic E-state index is 13.6. The first-order valence-corrected chi connectivity index (χ1v) is 12.6. The summed E-state index contributed by atoms with van der Waals surface area (Å²) in [7, 11) is -3.97. The van der Waals surface area contributed by atoms with Crippen LogP contribution in [-0.2, 0) is 26.2 Å². The molecule has 2 aromatic carbocycles. The van der Waals surface area contributed by atoms with Crippen LogP contribution in [0.3, 0.4) is 0 Å². The van der Waals surface area contributed by atoms with Crippen molar-refractivity contribution in [2.75, 3.05) is 17.1 Å². The number of nitrogens with one attached hydrogen (secondary N) is 1. The Morgan fingerprint density at radius 1 is 1.09 bits per heavy atom. The summed E-state index contributed by atoms with van der Waals surface area (Å²) >= 11 is 5.81. The predicted molar refractivity (Wildman–Crippen MR) is 128 cm³/mol. The number of carbonyl (C=O) groups excluding carboxylic acids is 2. The minimum absolute atomic E-state index is 0.00391. The van der Waals surface area contributed by atoms with Crippen LogP contribution in [0.1, 0.15) is 33.3 Å². The van der Waals surface area contributed by atoms with Gasteiger partial charge in [-0.25, -0.2) is 17.2 Å². The lowest BCUT2D eigenvalue weighted by atomic mass is 10.1. The lowest BCUT2D eigenvalue weighted by Crippen LogP contribution is -2.54. The Morgan fingerprint density at radius 3 is 2.18 bits per heavy atom. The van der Waals surface area contributed by atoms with Crippen molar-refractivity contribution in [3.63, 3.8) is 0 Å². The number of carbonyl (C=O) groups is 2. The molecule has 2 amide bonds. The Bertz CT molecular complexity index is 1150. The Balaban J connectivity index is 2.41. The fourth-order valence-corrected chi connectivity index (χ4v) is 4.11. The molecule has 1 atom stereocenters. The van der Waals surface area contributed by atoms with Crippen LogP contribution in [0.25, 0.3) is 0 Å². The second kappa shape index (κ2) is 10.7. The van der Waals surface area contributed by atoms with Crippen LogP contribution in [0.15, 0.2) is 42.5 Å². The van der Waals surface area contributed by atoms with Gasteiger partial charge in [0.05, 0.1) is 17.0 Å². The molecule has 0 aliphatic rings. The van der Waals surface area contributed by atoms with Crippen LogP contribution in [0.4, 0.5) is 14.5 Å². The largest absolute Gasteiger partial charge is 0.350 e. The van der Waals surface area contributed by atoms with Crippen molar-refractivity contribution < 1.29 is 26.8 Å². The van der Waals surface area contributed by atoms with E-state index in [9.17, 15) is 26.8 Å². The van der Waals surface area contributed by atoms with Crippen molar-refractivity contribution in [3.8, 4) is 0 Å². The maximum Gasteiger partial charge on any atom is 0.244 e. The SMILES string of the molecule is C[C@@H](C(=O)NC(C)(C)C)N(Cc1ccc(F)cc1)C(=O)CN(c1ccc(F)c(Cl)c1)S(C)(=O)=O. The summed E-state index contributed by atoms with van der Waals surface area (Å²) in [6.45, 7) is 6.14. The highest BCUT2D eigenvalue weighted by Crippen LogP contribution is 2.25. The van der Waals surface area contributed by atoms with E-state index in [2.05, 4.69) is 5.32 Å². The van der Waals surface area contributed by atoms with Gasteiger partial charge in [0.15, 0.2) is 0 Å². The van der Waals surface area contributed by atoms with Crippen LogP contribution in [0, 0.1) is 11.6 Å². The molecule has 0 aliphatic heterocycles. The third-order valence-electron chi connectivity index (χ3n) is 4.80. The summed E-state index contributed by atoms with van der Waals surface area (Å²) in [6.07, 6.45) is 0.900. The zero-order valence-corrected chi connectivity index (χ0v) is 21.2. The van der Waals surface area contributed by atoms with Crippen LogP contribution in [-0.4, -0.2) is 49.5 Å². The minimum Gasteiger partial charge on any atom is -0.350 e. The maximum atomic E-state index is 13.6. The Hall–Kier alpha value is -2.72. The standard InChI is InChI=1S/C23H28ClF2N3O4S/c1-15(22(31)27-23(2,3)4)28(13-16-6-8-17(25)9-7-16)21(30)14-29(34(5,32)33)18-10-11-20(26)19(24)12-18/h6-12,15H,13-14H2,1-5H3,(H,27,31)/t15-/m0/s1. The van der Waals surface area contributed by atoms with Gasteiger partial charge >= 0.3 is 0 Å². The van der Waals surface area contributed by atoms with Crippen molar-refractivity contribution in [2.45, 2.75) is 45.8 Å². The summed E-state index contributed by atoms with van der Waals surface area (Å²) in [5, 5.41) is 2.49. The number of hydrogen-bond acceptors (Lipinski definition) is 4. The Morgan fingerprint density at radius 2 is 1.68 bits per heavy atom. The van der Waals surface area contributed by atoms with Gasteiger partial charge in [-0.1, -0.05) is 23.7 Å². The van der Waals surface area contributed by atoms with E-state index in [-0.39, 0.29) is 17.3 Å². The van der Waals surface area contributed by atoms with Gasteiger partial charge < -0.3 is 10.2 Å². The van der Waals surface area contributed by atoms with Gasteiger partial charge in [-0.3, -0.25) is 13.9 Å². The monoisotopic (exact) mass is 515 g/mol. The number of rotatable bonds is 8. The number of nitrogens with zero attached hydrogens (tertiary/aromatic N) is 2. The van der Waals surface area contributed by atoms with E-state index in [4.69, 9.17) is 11.6 Å². The topological polar surface area (TPSA) is 86.8 Å². The van der Waals surface area contributed by atoms with Gasteiger partial charge in [0.2, 0.25) is 21.8 Å². The van der Waals surface area contributed by atoms with Crippen molar-refractivity contribution in [1.29, 1.82) is 0 Å². The highest BCUT2D eigenvalue weighted by atomic mass is 35.5. The first kappa shape index (κ1) is 27.5. The summed E-state index contributed by atoms with van der Waals surface area (Å²) in [5.41, 5.74) is -0.0313. The number of halogens is 3. The average molecular weight is 516 g/mol. The van der Waals surface area contributed by atoms with E-state index in [0.717, 1.165) is 22.7 Å². The predicted octanol–water partition coefficient (Wildman–Crippen LogP) is 3.72. The first-order valence-electron chi connectivity index (χ1n) is 10.4. The molecule has 0 spiro atoms. The fourth-order valence-electron chi connectivity index (χ4n) is 3.10. The molecule has 1 N–H and O–H groups in total. The zero-order chi connectivity index (χ0) is 25.8. The van der Waals surface area contributed by atoms with Crippen molar-refractivity contribution in [1.82, 2.24) is 10.2 Å². The van der Waals surface area contributed by atoms with Crippen LogP contribution in [0.5, 0.6) is 0 Å². The van der Waals surface area contributed by atoms with E-state index in [1.165, 1.54) is 42.2 Å². The number of benzene rings is 2. The molecule has 0 saturated carbocycles. The summed E-state index contributed by atoms with van der Waals surface area (Å²) in [5.74, 6) is -2.34. The molecule has 0 saturated heterocycles. The molecule has 0 bridgehead atoms. The van der Waals surface area contributed by atoms with Gasteiger partial charge in [0.1, 0.15) is 24.2 Å². The molecule has 2 rings (SSSR count). The number of hydrogen-bond donors (Lipinski definition) is 1. The molecule has 0 aromatic heterocycles. The highest BCUT2D eigenvalue weighted by Gasteiger charge is 2.31. The lowest BCUT2D eigenvalue weighted by molar-refractivity contribution is -0.140. The Kier molecular flexibility index (Phi) is 8.65. The molecule has 7 nitrogen and oxygen atoms in total. The van der Waals surface area contributed by atoms with Gasteiger partial charge in [0, 0.05) is 12.1 Å². The van der Waals surface area contributed by atoms with Gasteiger partial charge in [-0.05, 0) is 63.6 Å². The lowest BCUT2D eigenvalue weighted by Gasteiger charge is -2.33. The number of anilines is 1. The number of amides is 2. The second-order valence-electron chi connectivity index (χ2n) is 8.93. The summed E-state index contributed by atoms with van der Waals surface area (Å²) < 4.78 is 52.7. The molecule has 11 heteroatoms. The fraction of sp³-hybridized carbons (Fsp3) is 0.391. The van der Waals surface area contributed by atoms with E-state index in [0.29, 0.717) is 5.56 Å². The van der Waals surface area contributed by atoms with E-state index in [1.807, 2.05) is 0 Å².